The number of hydrogen-bond donors (Lipinski definition) is 0. The number of rotatable bonds is 4. The lowest BCUT2D eigenvalue weighted by molar-refractivity contribution is -0.0499. The number of halogens is 3. The Morgan fingerprint density at radius 2 is 2.05 bits per heavy atom. The number of hydrogen-bond acceptors (Lipinski definition) is 3. The average Bonchev–Trinajstić information content (AvgIpc) is 2.25. The van der Waals surface area contributed by atoms with Gasteiger partial charge in [0, 0.05) is 0 Å². The molecule has 0 aliphatic heterocycles. The summed E-state index contributed by atoms with van der Waals surface area (Å²) in [7, 11) is 0. The van der Waals surface area contributed by atoms with Gasteiger partial charge in [0.2, 0.25) is 0 Å². The summed E-state index contributed by atoms with van der Waals surface area (Å²) in [6.07, 6.45) is 1.20. The molecule has 1 atom stereocenters. The van der Waals surface area contributed by atoms with E-state index in [4.69, 9.17) is 11.6 Å². The maximum absolute atomic E-state index is 12.3. The van der Waals surface area contributed by atoms with Gasteiger partial charge in [0.15, 0.2) is 0 Å². The van der Waals surface area contributed by atoms with Crippen molar-refractivity contribution in [2.75, 3.05) is 0 Å². The molecule has 1 unspecified atom stereocenters. The van der Waals surface area contributed by atoms with Gasteiger partial charge in [-0.05, 0) is 32.9 Å². The fourth-order valence-corrected chi connectivity index (χ4v) is 1.83. The van der Waals surface area contributed by atoms with Crippen LogP contribution in [-0.4, -0.2) is 22.1 Å². The van der Waals surface area contributed by atoms with Gasteiger partial charge in [0.1, 0.15) is 21.9 Å². The monoisotopic (exact) mass is 309 g/mol. The number of nitrogens with zero attached hydrogens (tertiary/aromatic N) is 1. The van der Waals surface area contributed by atoms with Crippen molar-refractivity contribution < 1.29 is 18.1 Å². The Bertz CT molecular complexity index is 464. The van der Waals surface area contributed by atoms with Crippen molar-refractivity contribution in [1.29, 1.82) is 0 Å². The van der Waals surface area contributed by atoms with Crippen molar-refractivity contribution in [2.45, 2.75) is 32.1 Å². The molecule has 0 fully saturated rings. The summed E-state index contributed by atoms with van der Waals surface area (Å²) >= 11 is 4.40. The lowest BCUT2D eigenvalue weighted by Gasteiger charge is -2.18. The Kier molecular flexibility index (Phi) is 5.58. The van der Waals surface area contributed by atoms with Crippen molar-refractivity contribution in [2.24, 2.45) is 4.40 Å². The molecular formula is C12H14ClF2NO2S. The zero-order valence-corrected chi connectivity index (χ0v) is 12.3. The van der Waals surface area contributed by atoms with Crippen LogP contribution in [0, 0.1) is 0 Å². The summed E-state index contributed by atoms with van der Waals surface area (Å²) in [6, 6.07) is 4.35. The first-order valence-corrected chi connectivity index (χ1v) is 6.89. The molecule has 0 aromatic heterocycles. The predicted octanol–water partition coefficient (Wildman–Crippen LogP) is 3.82. The first kappa shape index (κ1) is 16.2. The fraction of sp³-hybridized carbons (Fsp3) is 0.417. The minimum absolute atomic E-state index is 0.0999. The summed E-state index contributed by atoms with van der Waals surface area (Å²) < 4.78 is 43.9. The zero-order chi connectivity index (χ0) is 14.6. The van der Waals surface area contributed by atoms with Gasteiger partial charge in [0.05, 0.1) is 16.8 Å². The van der Waals surface area contributed by atoms with Crippen molar-refractivity contribution in [3.63, 3.8) is 0 Å². The second kappa shape index (κ2) is 6.54. The number of alkyl halides is 2. The largest absolute Gasteiger partial charge is 0.591 e. The van der Waals surface area contributed by atoms with Gasteiger partial charge in [-0.3, -0.25) is 0 Å². The van der Waals surface area contributed by atoms with Crippen LogP contribution in [0.5, 0.6) is 5.75 Å². The van der Waals surface area contributed by atoms with Crippen molar-refractivity contribution in [3.8, 4) is 5.75 Å². The summed E-state index contributed by atoms with van der Waals surface area (Å²) in [5.74, 6) is -0.0999. The van der Waals surface area contributed by atoms with E-state index in [1.165, 1.54) is 24.4 Å². The Balaban J connectivity index is 3.02. The third kappa shape index (κ3) is 4.97. The highest BCUT2D eigenvalue weighted by Gasteiger charge is 2.26. The minimum Gasteiger partial charge on any atom is -0.591 e. The van der Waals surface area contributed by atoms with Crippen LogP contribution >= 0.6 is 11.6 Å². The smallest absolute Gasteiger partial charge is 0.387 e. The van der Waals surface area contributed by atoms with Crippen molar-refractivity contribution in [1.82, 2.24) is 0 Å². The van der Waals surface area contributed by atoms with Gasteiger partial charge in [-0.25, -0.2) is 0 Å². The lowest BCUT2D eigenvalue weighted by atomic mass is 10.2. The second-order valence-electron chi connectivity index (χ2n) is 4.63. The molecule has 0 saturated carbocycles. The van der Waals surface area contributed by atoms with E-state index in [0.717, 1.165) is 0 Å². The maximum atomic E-state index is 12.3. The first-order valence-electron chi connectivity index (χ1n) is 5.41. The topological polar surface area (TPSA) is 44.7 Å². The normalized spacial score (nSPS) is 14.1. The molecule has 0 spiro atoms. The average molecular weight is 310 g/mol. The first-order chi connectivity index (χ1) is 8.71. The predicted molar refractivity (Wildman–Crippen MR) is 73.6 cm³/mol. The van der Waals surface area contributed by atoms with Gasteiger partial charge in [-0.15, -0.1) is 0 Å². The Morgan fingerprint density at radius 3 is 2.58 bits per heavy atom. The Labute approximate surface area is 118 Å². The molecule has 3 nitrogen and oxygen atoms in total. The maximum Gasteiger partial charge on any atom is 0.387 e. The van der Waals surface area contributed by atoms with Crippen LogP contribution in [0.25, 0.3) is 0 Å². The molecule has 0 amide bonds. The number of ether oxygens (including phenoxy) is 1. The van der Waals surface area contributed by atoms with E-state index in [0.29, 0.717) is 0 Å². The summed E-state index contributed by atoms with van der Waals surface area (Å²) in [5.41, 5.74) is 0.182. The molecule has 0 bridgehead atoms. The highest BCUT2D eigenvalue weighted by molar-refractivity contribution is 7.91. The van der Waals surface area contributed by atoms with Crippen molar-refractivity contribution in [3.05, 3.63) is 28.8 Å². The van der Waals surface area contributed by atoms with E-state index in [9.17, 15) is 13.3 Å². The Morgan fingerprint density at radius 1 is 1.42 bits per heavy atom. The Hall–Kier alpha value is -0.850. The van der Waals surface area contributed by atoms with E-state index in [-0.39, 0.29) is 16.3 Å². The molecule has 7 heteroatoms. The minimum atomic E-state index is -2.96. The molecule has 1 rings (SSSR count). The van der Waals surface area contributed by atoms with Crippen LogP contribution in [0.15, 0.2) is 22.6 Å². The van der Waals surface area contributed by atoms with E-state index in [1.54, 1.807) is 20.8 Å². The molecule has 0 heterocycles. The third-order valence-corrected chi connectivity index (χ3v) is 3.70. The quantitative estimate of drug-likeness (QED) is 0.627. The molecule has 19 heavy (non-hydrogen) atoms. The molecule has 1 aromatic rings. The highest BCUT2D eigenvalue weighted by Crippen LogP contribution is 2.27. The van der Waals surface area contributed by atoms with Crippen molar-refractivity contribution >= 4 is 29.2 Å². The SMILES string of the molecule is CC(C)(C)[S+]([O-])N=Cc1c(Cl)cccc1OC(F)F. The number of benzene rings is 1. The standard InChI is InChI=1S/C12H14ClF2NO2S/c1-12(2,3)19(17)16-7-8-9(13)5-4-6-10(8)18-11(14)15/h4-7,11H,1-3H3. The second-order valence-corrected chi connectivity index (χ2v) is 6.97. The van der Waals surface area contributed by atoms with Crippen LogP contribution in [0.2, 0.25) is 5.02 Å². The van der Waals surface area contributed by atoms with Crippen LogP contribution in [-0.2, 0) is 11.4 Å². The molecule has 0 saturated heterocycles. The molecule has 1 aromatic carbocycles. The van der Waals surface area contributed by atoms with E-state index < -0.39 is 22.7 Å². The van der Waals surface area contributed by atoms with Gasteiger partial charge in [-0.2, -0.15) is 8.78 Å². The molecular weight excluding hydrogens is 296 g/mol. The summed E-state index contributed by atoms with van der Waals surface area (Å²) in [5, 5.41) is 0.202. The summed E-state index contributed by atoms with van der Waals surface area (Å²) in [6.45, 7) is 2.30. The van der Waals surface area contributed by atoms with Crippen LogP contribution in [0.3, 0.4) is 0 Å². The van der Waals surface area contributed by atoms with Crippen LogP contribution in [0.1, 0.15) is 26.3 Å². The third-order valence-electron chi connectivity index (χ3n) is 2.03. The highest BCUT2D eigenvalue weighted by atomic mass is 35.5. The van der Waals surface area contributed by atoms with E-state index in [2.05, 4.69) is 9.13 Å². The lowest BCUT2D eigenvalue weighted by Crippen LogP contribution is -2.25. The van der Waals surface area contributed by atoms with Crippen LogP contribution < -0.4 is 4.74 Å². The van der Waals surface area contributed by atoms with E-state index >= 15 is 0 Å². The van der Waals surface area contributed by atoms with Gasteiger partial charge >= 0.3 is 6.61 Å². The van der Waals surface area contributed by atoms with Gasteiger partial charge in [0.25, 0.3) is 0 Å². The molecule has 0 N–H and O–H groups in total. The molecule has 0 aliphatic rings. The zero-order valence-electron chi connectivity index (χ0n) is 10.7. The fourth-order valence-electron chi connectivity index (χ4n) is 1.10. The van der Waals surface area contributed by atoms with E-state index in [1.807, 2.05) is 0 Å². The van der Waals surface area contributed by atoms with Gasteiger partial charge in [-0.1, -0.05) is 22.1 Å². The van der Waals surface area contributed by atoms with Crippen LogP contribution in [0.4, 0.5) is 8.78 Å². The van der Waals surface area contributed by atoms with Gasteiger partial charge < -0.3 is 9.29 Å². The summed E-state index contributed by atoms with van der Waals surface area (Å²) in [4.78, 5) is 0. The molecule has 106 valence electrons. The molecule has 0 aliphatic carbocycles. The molecule has 0 radical (unpaired) electrons.